The van der Waals surface area contributed by atoms with Crippen LogP contribution < -0.4 is 15.5 Å². The maximum Gasteiger partial charge on any atom is 0.319 e. The van der Waals surface area contributed by atoms with Gasteiger partial charge in [0.25, 0.3) is 0 Å². The number of aliphatic hydroxyl groups excluding tert-OH is 1. The van der Waals surface area contributed by atoms with Crippen LogP contribution in [0.25, 0.3) is 0 Å². The largest absolute Gasteiger partial charge is 0.396 e. The van der Waals surface area contributed by atoms with E-state index in [1.54, 1.807) is 0 Å². The fraction of sp³-hybridized carbons (Fsp3) is 0.611. The van der Waals surface area contributed by atoms with E-state index in [0.717, 1.165) is 11.4 Å². The second kappa shape index (κ2) is 8.20. The molecule has 128 valence electrons. The molecule has 3 N–H and O–H groups in total. The monoisotopic (exact) mass is 319 g/mol. The summed E-state index contributed by atoms with van der Waals surface area (Å²) in [6.45, 7) is 3.87. The number of nitrogens with one attached hydrogen (secondary N) is 2. The highest BCUT2D eigenvalue weighted by molar-refractivity contribution is 5.93. The molecule has 2 unspecified atom stereocenters. The van der Waals surface area contributed by atoms with E-state index in [-0.39, 0.29) is 24.6 Å². The summed E-state index contributed by atoms with van der Waals surface area (Å²) in [6.07, 6.45) is 4.98. The molecule has 5 nitrogen and oxygen atoms in total. The highest BCUT2D eigenvalue weighted by Crippen LogP contribution is 2.31. The third-order valence-corrected chi connectivity index (χ3v) is 4.90. The van der Waals surface area contributed by atoms with Gasteiger partial charge in [0, 0.05) is 25.7 Å². The van der Waals surface area contributed by atoms with E-state index in [9.17, 15) is 4.79 Å². The van der Waals surface area contributed by atoms with Crippen molar-refractivity contribution in [2.24, 2.45) is 5.92 Å². The summed E-state index contributed by atoms with van der Waals surface area (Å²) >= 11 is 0. The first-order chi connectivity index (χ1) is 11.0. The van der Waals surface area contributed by atoms with Crippen LogP contribution in [-0.2, 0) is 0 Å². The van der Waals surface area contributed by atoms with Gasteiger partial charge in [0.2, 0.25) is 0 Å². The van der Waals surface area contributed by atoms with Crippen LogP contribution in [0.15, 0.2) is 24.3 Å². The Morgan fingerprint density at radius 1 is 1.30 bits per heavy atom. The first kappa shape index (κ1) is 17.6. The van der Waals surface area contributed by atoms with Gasteiger partial charge in [-0.2, -0.15) is 0 Å². The molecule has 0 spiro atoms. The molecule has 0 aromatic heterocycles. The summed E-state index contributed by atoms with van der Waals surface area (Å²) in [7, 11) is 2.10. The molecule has 1 aromatic carbocycles. The molecule has 1 aromatic rings. The standard InChI is InChI=1S/C18H29N3O2/c1-13(12-22)14(2)19-18(23)20-16-10-6-7-11-17(16)21(3)15-8-4-5-9-15/h6-7,10-11,13-15,22H,4-5,8-9,12H2,1-3H3,(H2,19,20,23). The number of rotatable bonds is 6. The number of para-hydroxylation sites is 2. The number of hydrogen-bond donors (Lipinski definition) is 3. The average molecular weight is 319 g/mol. The molecule has 1 saturated carbocycles. The van der Waals surface area contributed by atoms with Gasteiger partial charge in [0.05, 0.1) is 11.4 Å². The van der Waals surface area contributed by atoms with Gasteiger partial charge in [-0.05, 0) is 37.8 Å². The lowest BCUT2D eigenvalue weighted by atomic mass is 10.1. The van der Waals surface area contributed by atoms with Crippen LogP contribution in [-0.4, -0.2) is 36.9 Å². The summed E-state index contributed by atoms with van der Waals surface area (Å²) in [5.74, 6) is 0.0251. The van der Waals surface area contributed by atoms with Crippen LogP contribution in [0.4, 0.5) is 16.2 Å². The smallest absolute Gasteiger partial charge is 0.319 e. The number of nitrogens with zero attached hydrogens (tertiary/aromatic N) is 1. The van der Waals surface area contributed by atoms with Gasteiger partial charge >= 0.3 is 6.03 Å². The van der Waals surface area contributed by atoms with Gasteiger partial charge in [0.15, 0.2) is 0 Å². The Labute approximate surface area is 139 Å². The molecule has 1 fully saturated rings. The molecule has 2 atom stereocenters. The first-order valence-corrected chi connectivity index (χ1v) is 8.53. The molecule has 0 bridgehead atoms. The zero-order chi connectivity index (χ0) is 16.8. The molecular weight excluding hydrogens is 290 g/mol. The molecule has 0 heterocycles. The highest BCUT2D eigenvalue weighted by Gasteiger charge is 2.22. The molecule has 2 rings (SSSR count). The lowest BCUT2D eigenvalue weighted by Gasteiger charge is -2.29. The first-order valence-electron chi connectivity index (χ1n) is 8.53. The van der Waals surface area contributed by atoms with E-state index in [4.69, 9.17) is 5.11 Å². The zero-order valence-electron chi connectivity index (χ0n) is 14.4. The lowest BCUT2D eigenvalue weighted by Crippen LogP contribution is -2.41. The van der Waals surface area contributed by atoms with Crippen molar-refractivity contribution in [3.8, 4) is 0 Å². The second-order valence-corrected chi connectivity index (χ2v) is 6.61. The minimum absolute atomic E-state index is 0.0251. The van der Waals surface area contributed by atoms with E-state index in [2.05, 4.69) is 22.6 Å². The lowest BCUT2D eigenvalue weighted by molar-refractivity contribution is 0.204. The van der Waals surface area contributed by atoms with Crippen molar-refractivity contribution in [3.05, 3.63) is 24.3 Å². The topological polar surface area (TPSA) is 64.6 Å². The third kappa shape index (κ3) is 4.61. The minimum Gasteiger partial charge on any atom is -0.396 e. The van der Waals surface area contributed by atoms with Crippen molar-refractivity contribution in [1.82, 2.24) is 5.32 Å². The number of aliphatic hydroxyl groups is 1. The Morgan fingerprint density at radius 3 is 2.61 bits per heavy atom. The molecule has 0 radical (unpaired) electrons. The SMILES string of the molecule is CC(CO)C(C)NC(=O)Nc1ccccc1N(C)C1CCCC1. The predicted molar refractivity (Wildman–Crippen MR) is 95.0 cm³/mol. The number of anilines is 2. The van der Waals surface area contributed by atoms with Gasteiger partial charge in [0.1, 0.15) is 0 Å². The van der Waals surface area contributed by atoms with Gasteiger partial charge in [-0.1, -0.05) is 31.9 Å². The van der Waals surface area contributed by atoms with Crippen LogP contribution in [0.3, 0.4) is 0 Å². The van der Waals surface area contributed by atoms with E-state index in [1.165, 1.54) is 25.7 Å². The molecule has 1 aliphatic rings. The predicted octanol–water partition coefficient (Wildman–Crippen LogP) is 3.20. The maximum atomic E-state index is 12.2. The zero-order valence-corrected chi connectivity index (χ0v) is 14.4. The Bertz CT molecular complexity index is 515. The Kier molecular flexibility index (Phi) is 6.28. The molecule has 2 amide bonds. The van der Waals surface area contributed by atoms with Gasteiger partial charge in [-0.3, -0.25) is 0 Å². The Morgan fingerprint density at radius 2 is 1.96 bits per heavy atom. The van der Waals surface area contributed by atoms with E-state index in [1.807, 2.05) is 38.1 Å². The fourth-order valence-corrected chi connectivity index (χ4v) is 3.04. The molecule has 5 heteroatoms. The summed E-state index contributed by atoms with van der Waals surface area (Å²) in [6, 6.07) is 8.15. The van der Waals surface area contributed by atoms with Crippen LogP contribution >= 0.6 is 0 Å². The van der Waals surface area contributed by atoms with Crippen molar-refractivity contribution < 1.29 is 9.90 Å². The van der Waals surface area contributed by atoms with E-state index >= 15 is 0 Å². The number of urea groups is 1. The van der Waals surface area contributed by atoms with Gasteiger partial charge in [-0.15, -0.1) is 0 Å². The summed E-state index contributed by atoms with van der Waals surface area (Å²) < 4.78 is 0. The maximum absolute atomic E-state index is 12.2. The normalized spacial score (nSPS) is 17.6. The Balaban J connectivity index is 2.03. The van der Waals surface area contributed by atoms with Crippen molar-refractivity contribution >= 4 is 17.4 Å². The molecular formula is C18H29N3O2. The van der Waals surface area contributed by atoms with Crippen molar-refractivity contribution in [2.75, 3.05) is 23.9 Å². The number of benzene rings is 1. The summed E-state index contributed by atoms with van der Waals surface area (Å²) in [4.78, 5) is 14.5. The van der Waals surface area contributed by atoms with Crippen LogP contribution in [0.2, 0.25) is 0 Å². The van der Waals surface area contributed by atoms with Crippen LogP contribution in [0, 0.1) is 5.92 Å². The molecule has 0 saturated heterocycles. The summed E-state index contributed by atoms with van der Waals surface area (Å²) in [5, 5.41) is 15.0. The number of carbonyl (C=O) groups excluding carboxylic acids is 1. The molecule has 0 aliphatic heterocycles. The number of amides is 2. The number of carbonyl (C=O) groups is 1. The van der Waals surface area contributed by atoms with E-state index < -0.39 is 0 Å². The molecule has 23 heavy (non-hydrogen) atoms. The highest BCUT2D eigenvalue weighted by atomic mass is 16.3. The van der Waals surface area contributed by atoms with Crippen LogP contribution in [0.1, 0.15) is 39.5 Å². The van der Waals surface area contributed by atoms with Gasteiger partial charge in [-0.25, -0.2) is 4.79 Å². The second-order valence-electron chi connectivity index (χ2n) is 6.61. The quantitative estimate of drug-likeness (QED) is 0.754. The van der Waals surface area contributed by atoms with Crippen LogP contribution in [0.5, 0.6) is 0 Å². The van der Waals surface area contributed by atoms with Gasteiger partial charge < -0.3 is 20.6 Å². The summed E-state index contributed by atoms with van der Waals surface area (Å²) in [5.41, 5.74) is 1.88. The third-order valence-electron chi connectivity index (χ3n) is 4.90. The Hall–Kier alpha value is -1.75. The van der Waals surface area contributed by atoms with Crippen molar-refractivity contribution in [3.63, 3.8) is 0 Å². The molecule has 1 aliphatic carbocycles. The minimum atomic E-state index is -0.231. The number of hydrogen-bond acceptors (Lipinski definition) is 3. The van der Waals surface area contributed by atoms with E-state index in [0.29, 0.717) is 6.04 Å². The van der Waals surface area contributed by atoms with Crippen molar-refractivity contribution in [2.45, 2.75) is 51.6 Å². The fourth-order valence-electron chi connectivity index (χ4n) is 3.04. The van der Waals surface area contributed by atoms with Crippen molar-refractivity contribution in [1.29, 1.82) is 0 Å². The average Bonchev–Trinajstić information content (AvgIpc) is 3.08.